The molecule has 46 valence electrons. The molecule has 0 spiro atoms. The van der Waals surface area contributed by atoms with Gasteiger partial charge in [0.2, 0.25) is 0 Å². The first-order valence-corrected chi connectivity index (χ1v) is 2.40. The van der Waals surface area contributed by atoms with Gasteiger partial charge in [-0.2, -0.15) is 0 Å². The van der Waals surface area contributed by atoms with Crippen LogP contribution >= 0.6 is 0 Å². The molecule has 0 radical (unpaired) electrons. The molecule has 0 N–H and O–H groups in total. The van der Waals surface area contributed by atoms with E-state index in [0.29, 0.717) is 0 Å². The Balaban J connectivity index is 0. The predicted octanol–water partition coefficient (Wildman–Crippen LogP) is -3.34. The summed E-state index contributed by atoms with van der Waals surface area (Å²) in [6.07, 6.45) is 0.0694. The van der Waals surface area contributed by atoms with Crippen molar-refractivity contribution < 1.29 is 45.3 Å². The van der Waals surface area contributed by atoms with Gasteiger partial charge in [0.1, 0.15) is 13.2 Å². The van der Waals surface area contributed by atoms with Gasteiger partial charge < -0.3 is 6.16 Å². The molecule has 3 nitrogen and oxygen atoms in total. The fraction of sp³-hybridized carbons (Fsp3) is 0.600. The smallest absolute Gasteiger partial charge is 1.00 e. The topological polar surface area (TPSA) is 43.4 Å². The molecule has 0 saturated carbocycles. The van der Waals surface area contributed by atoms with Gasteiger partial charge in [-0.05, 0) is 0 Å². The zero-order chi connectivity index (χ0) is 5.98. The predicted molar refractivity (Wildman–Crippen MR) is 26.6 cm³/mol. The van der Waals surface area contributed by atoms with E-state index in [1.807, 2.05) is 0 Å². The SMILES string of the molecule is O=C1COCC(=O)C1.[H-].[Na+]. The van der Waals surface area contributed by atoms with Gasteiger partial charge in [-0.3, -0.25) is 9.59 Å². The maximum absolute atomic E-state index is 10.3. The van der Waals surface area contributed by atoms with Gasteiger partial charge in [-0.25, -0.2) is 0 Å². The van der Waals surface area contributed by atoms with E-state index in [-0.39, 0.29) is 62.2 Å². The number of ether oxygens (including phenoxy) is 1. The van der Waals surface area contributed by atoms with Crippen LogP contribution in [-0.2, 0) is 14.3 Å². The van der Waals surface area contributed by atoms with Crippen LogP contribution in [0, 0.1) is 0 Å². The number of ketones is 2. The molecule has 0 aromatic heterocycles. The van der Waals surface area contributed by atoms with E-state index in [2.05, 4.69) is 4.74 Å². The van der Waals surface area contributed by atoms with E-state index in [0.717, 1.165) is 0 Å². The molecule has 0 aromatic rings. The quantitative estimate of drug-likeness (QED) is 0.259. The van der Waals surface area contributed by atoms with E-state index in [1.54, 1.807) is 0 Å². The fourth-order valence-electron chi connectivity index (χ4n) is 0.601. The molecule has 1 fully saturated rings. The van der Waals surface area contributed by atoms with Crippen LogP contribution in [0.4, 0.5) is 0 Å². The third-order valence-corrected chi connectivity index (χ3v) is 0.920. The molecular weight excluding hydrogens is 131 g/mol. The Kier molecular flexibility index (Phi) is 4.31. The number of rotatable bonds is 0. The third kappa shape index (κ3) is 3.11. The Labute approximate surface area is 76.5 Å². The van der Waals surface area contributed by atoms with Crippen LogP contribution in [0.3, 0.4) is 0 Å². The monoisotopic (exact) mass is 138 g/mol. The molecular formula is C5H7NaO3. The number of hydrogen-bond donors (Lipinski definition) is 0. The van der Waals surface area contributed by atoms with Gasteiger partial charge in [0.15, 0.2) is 11.6 Å². The van der Waals surface area contributed by atoms with Gasteiger partial charge in [-0.1, -0.05) is 0 Å². The van der Waals surface area contributed by atoms with Gasteiger partial charge in [-0.15, -0.1) is 0 Å². The summed E-state index contributed by atoms with van der Waals surface area (Å²) in [5, 5.41) is 0. The van der Waals surface area contributed by atoms with Crippen molar-refractivity contribution in [2.75, 3.05) is 13.2 Å². The summed E-state index contributed by atoms with van der Waals surface area (Å²) in [4.78, 5) is 20.7. The van der Waals surface area contributed by atoms with Crippen LogP contribution in [0.1, 0.15) is 7.85 Å². The fourth-order valence-corrected chi connectivity index (χ4v) is 0.601. The summed E-state index contributed by atoms with van der Waals surface area (Å²) in [6.45, 7) is 0.234. The maximum Gasteiger partial charge on any atom is 1.00 e. The van der Waals surface area contributed by atoms with Crippen molar-refractivity contribution in [2.24, 2.45) is 0 Å². The van der Waals surface area contributed by atoms with Gasteiger partial charge in [0, 0.05) is 0 Å². The van der Waals surface area contributed by atoms with Crippen molar-refractivity contribution in [1.29, 1.82) is 0 Å². The molecule has 0 atom stereocenters. The Bertz CT molecular complexity index is 123. The van der Waals surface area contributed by atoms with Crippen molar-refractivity contribution in [2.45, 2.75) is 6.42 Å². The van der Waals surface area contributed by atoms with E-state index in [1.165, 1.54) is 0 Å². The molecule has 1 aliphatic rings. The molecule has 9 heavy (non-hydrogen) atoms. The first kappa shape index (κ1) is 9.30. The van der Waals surface area contributed by atoms with Crippen molar-refractivity contribution in [3.05, 3.63) is 0 Å². The first-order valence-electron chi connectivity index (χ1n) is 2.40. The molecule has 1 rings (SSSR count). The molecule has 1 heterocycles. The first-order chi connectivity index (χ1) is 3.79. The summed E-state index contributed by atoms with van der Waals surface area (Å²) in [6, 6.07) is 0. The van der Waals surface area contributed by atoms with Crippen LogP contribution in [0.25, 0.3) is 0 Å². The number of hydrogen-bond acceptors (Lipinski definition) is 3. The van der Waals surface area contributed by atoms with Gasteiger partial charge in [0.25, 0.3) is 0 Å². The molecule has 0 amide bonds. The Hall–Kier alpha value is 0.300. The van der Waals surface area contributed by atoms with Crippen LogP contribution in [-0.4, -0.2) is 24.8 Å². The van der Waals surface area contributed by atoms with E-state index in [9.17, 15) is 9.59 Å². The number of carbonyl (C=O) groups excluding carboxylic acids is 2. The average molecular weight is 138 g/mol. The van der Waals surface area contributed by atoms with Gasteiger partial charge in [0.05, 0.1) is 6.42 Å². The van der Waals surface area contributed by atoms with Crippen LogP contribution in [0.15, 0.2) is 0 Å². The molecule has 1 saturated heterocycles. The Morgan fingerprint density at radius 1 is 1.22 bits per heavy atom. The standard InChI is InChI=1S/C5H6O3.Na.H/c6-4-1-5(7)3-8-2-4;;/h1-3H2;;/q;+1;-1. The number of carbonyl (C=O) groups is 2. The second kappa shape index (κ2) is 4.17. The van der Waals surface area contributed by atoms with Crippen molar-refractivity contribution in [3.63, 3.8) is 0 Å². The minimum atomic E-state index is -0.110. The second-order valence-electron chi connectivity index (χ2n) is 1.75. The summed E-state index contributed by atoms with van der Waals surface area (Å²) in [7, 11) is 0. The maximum atomic E-state index is 10.3. The summed E-state index contributed by atoms with van der Waals surface area (Å²) < 4.78 is 4.59. The Morgan fingerprint density at radius 3 is 1.89 bits per heavy atom. The van der Waals surface area contributed by atoms with E-state index >= 15 is 0 Å². The molecule has 0 unspecified atom stereocenters. The average Bonchev–Trinajstić information content (AvgIpc) is 1.64. The largest absolute Gasteiger partial charge is 1.00 e. The summed E-state index contributed by atoms with van der Waals surface area (Å²) in [5.41, 5.74) is 0. The van der Waals surface area contributed by atoms with Crippen LogP contribution in [0.5, 0.6) is 0 Å². The van der Waals surface area contributed by atoms with E-state index in [4.69, 9.17) is 0 Å². The van der Waals surface area contributed by atoms with Crippen molar-refractivity contribution >= 4 is 11.6 Å². The molecule has 0 bridgehead atoms. The minimum absolute atomic E-state index is 0. The normalized spacial score (nSPS) is 19.1. The zero-order valence-corrected chi connectivity index (χ0v) is 7.35. The third-order valence-electron chi connectivity index (χ3n) is 0.920. The van der Waals surface area contributed by atoms with Crippen molar-refractivity contribution in [1.82, 2.24) is 0 Å². The van der Waals surface area contributed by atoms with Crippen molar-refractivity contribution in [3.8, 4) is 0 Å². The van der Waals surface area contributed by atoms with Crippen LogP contribution < -0.4 is 29.6 Å². The molecule has 0 aromatic carbocycles. The molecule has 1 aliphatic heterocycles. The summed E-state index contributed by atoms with van der Waals surface area (Å²) >= 11 is 0. The zero-order valence-electron chi connectivity index (χ0n) is 6.35. The minimum Gasteiger partial charge on any atom is -1.00 e. The second-order valence-corrected chi connectivity index (χ2v) is 1.75. The summed E-state index contributed by atoms with van der Waals surface area (Å²) in [5.74, 6) is -0.220. The van der Waals surface area contributed by atoms with E-state index < -0.39 is 0 Å². The number of Topliss-reactive ketones (excluding diaryl/α,β-unsaturated/α-hetero) is 2. The molecule has 0 aliphatic carbocycles. The van der Waals surface area contributed by atoms with Gasteiger partial charge >= 0.3 is 29.6 Å². The molecule has 4 heteroatoms. The Morgan fingerprint density at radius 2 is 1.67 bits per heavy atom. The van der Waals surface area contributed by atoms with Crippen LogP contribution in [0.2, 0.25) is 0 Å².